The first-order chi connectivity index (χ1) is 7.54. The van der Waals surface area contributed by atoms with Crippen LogP contribution in [0.25, 0.3) is 0 Å². The Bertz CT molecular complexity index is 365. The number of allylic oxidation sites excluding steroid dienone is 1. The summed E-state index contributed by atoms with van der Waals surface area (Å²) in [4.78, 5) is 11.1. The van der Waals surface area contributed by atoms with Gasteiger partial charge in [-0.25, -0.2) is 0 Å². The van der Waals surface area contributed by atoms with Gasteiger partial charge in [0.05, 0.1) is 5.92 Å². The highest BCUT2D eigenvalue weighted by molar-refractivity contribution is 5.71. The molecule has 0 aromatic heterocycles. The molecule has 0 fully saturated rings. The summed E-state index contributed by atoms with van der Waals surface area (Å²) in [6.07, 6.45) is 2.26. The monoisotopic (exact) mass is 218 g/mol. The van der Waals surface area contributed by atoms with E-state index in [1.165, 1.54) is 5.56 Å². The molecule has 0 amide bonds. The molecule has 1 rings (SSSR count). The van der Waals surface area contributed by atoms with Gasteiger partial charge in [0.25, 0.3) is 0 Å². The third-order valence-electron chi connectivity index (χ3n) is 2.90. The van der Waals surface area contributed by atoms with Gasteiger partial charge in [-0.05, 0) is 24.8 Å². The van der Waals surface area contributed by atoms with Crippen LogP contribution in [0.1, 0.15) is 18.1 Å². The van der Waals surface area contributed by atoms with E-state index in [1.807, 2.05) is 38.1 Å². The molecule has 1 aromatic carbocycles. The fourth-order valence-electron chi connectivity index (χ4n) is 1.64. The van der Waals surface area contributed by atoms with Gasteiger partial charge in [-0.1, -0.05) is 42.8 Å². The number of carboxylic acids is 1. The summed E-state index contributed by atoms with van der Waals surface area (Å²) in [6, 6.07) is 7.99. The molecule has 1 aromatic rings. The van der Waals surface area contributed by atoms with E-state index in [0.29, 0.717) is 6.42 Å². The van der Waals surface area contributed by atoms with Crippen LogP contribution >= 0.6 is 0 Å². The summed E-state index contributed by atoms with van der Waals surface area (Å²) in [5, 5.41) is 9.14. The normalized spacial score (nSPS) is 14.1. The van der Waals surface area contributed by atoms with Crippen LogP contribution in [-0.4, -0.2) is 11.1 Å². The second-order valence-electron chi connectivity index (χ2n) is 4.23. The van der Waals surface area contributed by atoms with Crippen molar-refractivity contribution in [3.05, 3.63) is 48.0 Å². The SMILES string of the molecule is C=CC(C)C(Cc1ccc(C)cc1)C(=O)O. The minimum Gasteiger partial charge on any atom is -0.481 e. The molecule has 2 nitrogen and oxygen atoms in total. The van der Waals surface area contributed by atoms with Gasteiger partial charge >= 0.3 is 5.97 Å². The standard InChI is InChI=1S/C14H18O2/c1-4-11(3)13(14(15)16)9-12-7-5-10(2)6-8-12/h4-8,11,13H,1,9H2,2-3H3,(H,15,16). The minimum atomic E-state index is -0.757. The summed E-state index contributed by atoms with van der Waals surface area (Å²) < 4.78 is 0. The zero-order chi connectivity index (χ0) is 12.1. The summed E-state index contributed by atoms with van der Waals surface area (Å²) in [5.41, 5.74) is 2.25. The summed E-state index contributed by atoms with van der Waals surface area (Å²) in [5.74, 6) is -1.16. The van der Waals surface area contributed by atoms with Crippen molar-refractivity contribution in [1.29, 1.82) is 0 Å². The summed E-state index contributed by atoms with van der Waals surface area (Å²) in [6.45, 7) is 7.56. The van der Waals surface area contributed by atoms with Crippen LogP contribution in [0.2, 0.25) is 0 Å². The van der Waals surface area contributed by atoms with E-state index in [-0.39, 0.29) is 11.8 Å². The predicted molar refractivity (Wildman–Crippen MR) is 65.4 cm³/mol. The molecule has 0 bridgehead atoms. The Morgan fingerprint density at radius 2 is 2.00 bits per heavy atom. The molecule has 0 aliphatic heterocycles. The fraction of sp³-hybridized carbons (Fsp3) is 0.357. The van der Waals surface area contributed by atoms with E-state index >= 15 is 0 Å². The quantitative estimate of drug-likeness (QED) is 0.771. The number of carboxylic acid groups (broad SMARTS) is 1. The summed E-state index contributed by atoms with van der Waals surface area (Å²) >= 11 is 0. The third kappa shape index (κ3) is 3.23. The van der Waals surface area contributed by atoms with E-state index < -0.39 is 5.97 Å². The lowest BCUT2D eigenvalue weighted by Crippen LogP contribution is -2.22. The predicted octanol–water partition coefficient (Wildman–Crippen LogP) is 3.06. The smallest absolute Gasteiger partial charge is 0.307 e. The Kier molecular flexibility index (Phi) is 4.29. The van der Waals surface area contributed by atoms with Gasteiger partial charge in [0.1, 0.15) is 0 Å². The fourth-order valence-corrected chi connectivity index (χ4v) is 1.64. The third-order valence-corrected chi connectivity index (χ3v) is 2.90. The van der Waals surface area contributed by atoms with E-state index in [9.17, 15) is 4.79 Å². The average Bonchev–Trinajstić information content (AvgIpc) is 2.27. The summed E-state index contributed by atoms with van der Waals surface area (Å²) in [7, 11) is 0. The van der Waals surface area contributed by atoms with Crippen molar-refractivity contribution in [1.82, 2.24) is 0 Å². The second-order valence-corrected chi connectivity index (χ2v) is 4.23. The van der Waals surface area contributed by atoms with Gasteiger partial charge in [0.2, 0.25) is 0 Å². The van der Waals surface area contributed by atoms with Crippen molar-refractivity contribution in [2.75, 3.05) is 0 Å². The molecule has 0 radical (unpaired) electrons. The molecule has 0 aliphatic rings. The van der Waals surface area contributed by atoms with Crippen LogP contribution in [-0.2, 0) is 11.2 Å². The maximum absolute atomic E-state index is 11.1. The highest BCUT2D eigenvalue weighted by atomic mass is 16.4. The van der Waals surface area contributed by atoms with Gasteiger partial charge in [-0.3, -0.25) is 4.79 Å². The van der Waals surface area contributed by atoms with E-state index in [2.05, 4.69) is 6.58 Å². The lowest BCUT2D eigenvalue weighted by molar-refractivity contribution is -0.142. The molecule has 0 aliphatic carbocycles. The molecule has 86 valence electrons. The first-order valence-electron chi connectivity index (χ1n) is 5.45. The maximum Gasteiger partial charge on any atom is 0.307 e. The Balaban J connectivity index is 2.79. The number of aryl methyl sites for hydroxylation is 1. The zero-order valence-corrected chi connectivity index (χ0v) is 9.81. The molecular formula is C14H18O2. The number of hydrogen-bond acceptors (Lipinski definition) is 1. The Labute approximate surface area is 96.6 Å². The Hall–Kier alpha value is -1.57. The molecular weight excluding hydrogens is 200 g/mol. The topological polar surface area (TPSA) is 37.3 Å². The second kappa shape index (κ2) is 5.50. The van der Waals surface area contributed by atoms with Gasteiger partial charge in [-0.2, -0.15) is 0 Å². The van der Waals surface area contributed by atoms with E-state index in [1.54, 1.807) is 6.08 Å². The molecule has 0 saturated carbocycles. The first kappa shape index (κ1) is 12.5. The van der Waals surface area contributed by atoms with Crippen molar-refractivity contribution < 1.29 is 9.90 Å². The van der Waals surface area contributed by atoms with Crippen molar-refractivity contribution in [2.24, 2.45) is 11.8 Å². The van der Waals surface area contributed by atoms with Crippen molar-refractivity contribution in [3.8, 4) is 0 Å². The lowest BCUT2D eigenvalue weighted by atomic mass is 9.88. The van der Waals surface area contributed by atoms with Crippen LogP contribution in [0.4, 0.5) is 0 Å². The highest BCUT2D eigenvalue weighted by Gasteiger charge is 2.22. The van der Waals surface area contributed by atoms with Crippen LogP contribution in [0.5, 0.6) is 0 Å². The molecule has 1 N–H and O–H groups in total. The average molecular weight is 218 g/mol. The number of carbonyl (C=O) groups is 1. The van der Waals surface area contributed by atoms with Crippen molar-refractivity contribution >= 4 is 5.97 Å². The molecule has 2 heteroatoms. The van der Waals surface area contributed by atoms with Crippen LogP contribution in [0, 0.1) is 18.8 Å². The zero-order valence-electron chi connectivity index (χ0n) is 9.81. The molecule has 16 heavy (non-hydrogen) atoms. The van der Waals surface area contributed by atoms with Crippen LogP contribution in [0.15, 0.2) is 36.9 Å². The number of rotatable bonds is 5. The van der Waals surface area contributed by atoms with Crippen molar-refractivity contribution in [3.63, 3.8) is 0 Å². The van der Waals surface area contributed by atoms with E-state index in [0.717, 1.165) is 5.56 Å². The van der Waals surface area contributed by atoms with Gasteiger partial charge in [-0.15, -0.1) is 6.58 Å². The Morgan fingerprint density at radius 1 is 1.44 bits per heavy atom. The van der Waals surface area contributed by atoms with Gasteiger partial charge in [0, 0.05) is 0 Å². The van der Waals surface area contributed by atoms with Gasteiger partial charge < -0.3 is 5.11 Å². The number of benzene rings is 1. The molecule has 2 atom stereocenters. The van der Waals surface area contributed by atoms with Crippen molar-refractivity contribution in [2.45, 2.75) is 20.3 Å². The lowest BCUT2D eigenvalue weighted by Gasteiger charge is -2.16. The first-order valence-corrected chi connectivity index (χ1v) is 5.45. The largest absolute Gasteiger partial charge is 0.481 e. The van der Waals surface area contributed by atoms with E-state index in [4.69, 9.17) is 5.11 Å². The van der Waals surface area contributed by atoms with Crippen LogP contribution in [0.3, 0.4) is 0 Å². The minimum absolute atomic E-state index is 0.0150. The molecule has 0 heterocycles. The molecule has 0 saturated heterocycles. The van der Waals surface area contributed by atoms with Gasteiger partial charge in [0.15, 0.2) is 0 Å². The maximum atomic E-state index is 11.1. The van der Waals surface area contributed by atoms with Crippen LogP contribution < -0.4 is 0 Å². The highest BCUT2D eigenvalue weighted by Crippen LogP contribution is 2.19. The Morgan fingerprint density at radius 3 is 2.44 bits per heavy atom. The molecule has 0 spiro atoms. The molecule has 2 unspecified atom stereocenters. The number of hydrogen-bond donors (Lipinski definition) is 1. The number of aliphatic carboxylic acids is 1.